The summed E-state index contributed by atoms with van der Waals surface area (Å²) in [5.41, 5.74) is 0.891. The molecule has 2 heterocycles. The van der Waals surface area contributed by atoms with Crippen molar-refractivity contribution in [1.82, 2.24) is 24.9 Å². The second kappa shape index (κ2) is 6.81. The van der Waals surface area contributed by atoms with Gasteiger partial charge >= 0.3 is 0 Å². The molecule has 3 aromatic rings. The standard InChI is InChI=1S/C19H19F2N5O2/c1-10(13-4-3-5-14(20)18(13)21)23-16(27)9-25-19(28)17-11(2)24-26(12-6-7-12)15(17)8-22-25/h3-5,8,10,12H,6-7,9H2,1-2H3,(H,23,27). The van der Waals surface area contributed by atoms with Crippen molar-refractivity contribution in [3.05, 3.63) is 57.6 Å². The molecule has 1 aromatic carbocycles. The number of carbonyl (C=O) groups is 1. The van der Waals surface area contributed by atoms with E-state index in [1.165, 1.54) is 18.3 Å². The second-order valence-electron chi connectivity index (χ2n) is 7.06. The minimum atomic E-state index is -1.00. The molecular formula is C19H19F2N5O2. The third-order valence-corrected chi connectivity index (χ3v) is 4.90. The summed E-state index contributed by atoms with van der Waals surface area (Å²) in [6, 6.07) is 3.32. The van der Waals surface area contributed by atoms with Gasteiger partial charge in [-0.1, -0.05) is 12.1 Å². The summed E-state index contributed by atoms with van der Waals surface area (Å²) >= 11 is 0. The number of nitrogens with zero attached hydrogens (tertiary/aromatic N) is 4. The lowest BCUT2D eigenvalue weighted by atomic mass is 10.1. The first kappa shape index (κ1) is 18.3. The second-order valence-corrected chi connectivity index (χ2v) is 7.06. The highest BCUT2D eigenvalue weighted by Crippen LogP contribution is 2.36. The van der Waals surface area contributed by atoms with Crippen molar-refractivity contribution in [2.45, 2.75) is 45.3 Å². The van der Waals surface area contributed by atoms with Crippen molar-refractivity contribution < 1.29 is 13.6 Å². The van der Waals surface area contributed by atoms with E-state index >= 15 is 0 Å². The van der Waals surface area contributed by atoms with Gasteiger partial charge in [-0.2, -0.15) is 10.2 Å². The smallest absolute Gasteiger partial charge is 0.278 e. The molecule has 1 amide bonds. The van der Waals surface area contributed by atoms with Crippen LogP contribution in [0.15, 0.2) is 29.2 Å². The zero-order chi connectivity index (χ0) is 20.0. The average Bonchev–Trinajstić information content (AvgIpc) is 3.43. The highest BCUT2D eigenvalue weighted by atomic mass is 19.2. The Hall–Kier alpha value is -3.10. The molecule has 1 atom stereocenters. The van der Waals surface area contributed by atoms with E-state index in [0.717, 1.165) is 23.6 Å². The van der Waals surface area contributed by atoms with Gasteiger partial charge in [-0.05, 0) is 32.8 Å². The maximum Gasteiger partial charge on any atom is 0.278 e. The summed E-state index contributed by atoms with van der Waals surface area (Å²) in [4.78, 5) is 25.1. The molecule has 1 fully saturated rings. The van der Waals surface area contributed by atoms with Crippen molar-refractivity contribution in [1.29, 1.82) is 0 Å². The number of aromatic nitrogens is 4. The fraction of sp³-hybridized carbons (Fsp3) is 0.368. The Bertz CT molecular complexity index is 1130. The number of fused-ring (bicyclic) bond motifs is 1. The number of hydrogen-bond acceptors (Lipinski definition) is 4. The first-order valence-electron chi connectivity index (χ1n) is 9.05. The highest BCUT2D eigenvalue weighted by Gasteiger charge is 2.28. The van der Waals surface area contributed by atoms with Crippen LogP contribution in [0.2, 0.25) is 0 Å². The molecule has 146 valence electrons. The number of benzene rings is 1. The number of halogens is 2. The van der Waals surface area contributed by atoms with Gasteiger partial charge in [-0.15, -0.1) is 0 Å². The van der Waals surface area contributed by atoms with Crippen LogP contribution in [0.5, 0.6) is 0 Å². The Morgan fingerprint density at radius 2 is 2.11 bits per heavy atom. The number of carbonyl (C=O) groups excluding carboxylic acids is 1. The van der Waals surface area contributed by atoms with Crippen molar-refractivity contribution in [2.24, 2.45) is 0 Å². The van der Waals surface area contributed by atoms with Gasteiger partial charge < -0.3 is 5.32 Å². The number of rotatable bonds is 5. The Labute approximate surface area is 159 Å². The minimum Gasteiger partial charge on any atom is -0.348 e. The summed E-state index contributed by atoms with van der Waals surface area (Å²) in [6.45, 7) is 2.96. The first-order chi connectivity index (χ1) is 13.4. The maximum absolute atomic E-state index is 13.9. The number of amides is 1. The van der Waals surface area contributed by atoms with Crippen molar-refractivity contribution in [3.63, 3.8) is 0 Å². The van der Waals surface area contributed by atoms with Gasteiger partial charge in [0.1, 0.15) is 6.54 Å². The van der Waals surface area contributed by atoms with Crippen molar-refractivity contribution in [3.8, 4) is 0 Å². The lowest BCUT2D eigenvalue weighted by Gasteiger charge is -2.15. The molecule has 7 nitrogen and oxygen atoms in total. The van der Waals surface area contributed by atoms with Gasteiger partial charge in [-0.3, -0.25) is 14.3 Å². The Kier molecular flexibility index (Phi) is 4.44. The van der Waals surface area contributed by atoms with E-state index in [4.69, 9.17) is 0 Å². The van der Waals surface area contributed by atoms with Crippen LogP contribution in [-0.4, -0.2) is 25.5 Å². The lowest BCUT2D eigenvalue weighted by Crippen LogP contribution is -2.35. The topological polar surface area (TPSA) is 81.8 Å². The molecule has 1 saturated carbocycles. The van der Waals surface area contributed by atoms with Crippen LogP contribution in [0.1, 0.15) is 43.1 Å². The highest BCUT2D eigenvalue weighted by molar-refractivity contribution is 5.81. The molecule has 0 radical (unpaired) electrons. The van der Waals surface area contributed by atoms with Gasteiger partial charge in [0.25, 0.3) is 5.56 Å². The summed E-state index contributed by atoms with van der Waals surface area (Å²) in [6.07, 6.45) is 3.59. The van der Waals surface area contributed by atoms with Gasteiger partial charge in [0.15, 0.2) is 11.6 Å². The molecular weight excluding hydrogens is 368 g/mol. The number of hydrogen-bond donors (Lipinski definition) is 1. The van der Waals surface area contributed by atoms with E-state index in [1.54, 1.807) is 13.8 Å². The molecule has 4 rings (SSSR count). The predicted molar refractivity (Wildman–Crippen MR) is 97.7 cm³/mol. The van der Waals surface area contributed by atoms with Crippen LogP contribution in [-0.2, 0) is 11.3 Å². The maximum atomic E-state index is 13.9. The van der Waals surface area contributed by atoms with Gasteiger partial charge in [0.05, 0.1) is 34.9 Å². The summed E-state index contributed by atoms with van der Waals surface area (Å²) in [5.74, 6) is -2.52. The SMILES string of the molecule is Cc1nn(C2CC2)c2cnn(CC(=O)NC(C)c3cccc(F)c3F)c(=O)c12. The minimum absolute atomic E-state index is 0.0330. The van der Waals surface area contributed by atoms with E-state index in [-0.39, 0.29) is 12.1 Å². The fourth-order valence-corrected chi connectivity index (χ4v) is 3.33. The van der Waals surface area contributed by atoms with Crippen LogP contribution in [0.4, 0.5) is 8.78 Å². The van der Waals surface area contributed by atoms with E-state index in [9.17, 15) is 18.4 Å². The quantitative estimate of drug-likeness (QED) is 0.729. The van der Waals surface area contributed by atoms with Gasteiger partial charge in [0, 0.05) is 5.56 Å². The zero-order valence-electron chi connectivity index (χ0n) is 15.4. The van der Waals surface area contributed by atoms with Crippen LogP contribution in [0.25, 0.3) is 10.9 Å². The zero-order valence-corrected chi connectivity index (χ0v) is 15.4. The molecule has 1 unspecified atom stereocenters. The van der Waals surface area contributed by atoms with Crippen LogP contribution in [0.3, 0.4) is 0 Å². The van der Waals surface area contributed by atoms with Crippen molar-refractivity contribution in [2.75, 3.05) is 0 Å². The summed E-state index contributed by atoms with van der Waals surface area (Å²) < 4.78 is 30.1. The van der Waals surface area contributed by atoms with Crippen LogP contribution >= 0.6 is 0 Å². The molecule has 1 aliphatic rings. The van der Waals surface area contributed by atoms with E-state index in [0.29, 0.717) is 22.6 Å². The molecule has 1 N–H and O–H groups in total. The first-order valence-corrected chi connectivity index (χ1v) is 9.05. The third kappa shape index (κ3) is 3.17. The summed E-state index contributed by atoms with van der Waals surface area (Å²) in [5, 5.41) is 11.5. The van der Waals surface area contributed by atoms with Crippen molar-refractivity contribution >= 4 is 16.8 Å². The molecule has 1 aliphatic carbocycles. The van der Waals surface area contributed by atoms with E-state index in [1.807, 2.05) is 4.68 Å². The van der Waals surface area contributed by atoms with Crippen LogP contribution in [0, 0.1) is 18.6 Å². The third-order valence-electron chi connectivity index (χ3n) is 4.90. The molecule has 0 saturated heterocycles. The predicted octanol–water partition coefficient (Wildman–Crippen LogP) is 2.39. The largest absolute Gasteiger partial charge is 0.348 e. The van der Waals surface area contributed by atoms with E-state index in [2.05, 4.69) is 15.5 Å². The molecule has 2 aromatic heterocycles. The fourth-order valence-electron chi connectivity index (χ4n) is 3.33. The summed E-state index contributed by atoms with van der Waals surface area (Å²) in [7, 11) is 0. The Balaban J connectivity index is 1.55. The molecule has 28 heavy (non-hydrogen) atoms. The molecule has 0 aliphatic heterocycles. The van der Waals surface area contributed by atoms with Gasteiger partial charge in [0.2, 0.25) is 5.91 Å². The Morgan fingerprint density at radius 1 is 1.36 bits per heavy atom. The van der Waals surface area contributed by atoms with Crippen LogP contribution < -0.4 is 10.9 Å². The molecule has 9 heteroatoms. The van der Waals surface area contributed by atoms with E-state index < -0.39 is 29.1 Å². The Morgan fingerprint density at radius 3 is 2.82 bits per heavy atom. The number of nitrogens with one attached hydrogen (secondary N) is 1. The lowest BCUT2D eigenvalue weighted by molar-refractivity contribution is -0.122. The molecule has 0 bridgehead atoms. The monoisotopic (exact) mass is 387 g/mol. The van der Waals surface area contributed by atoms with Gasteiger partial charge in [-0.25, -0.2) is 13.5 Å². The molecule has 0 spiro atoms. The normalized spacial score (nSPS) is 15.0. The number of aryl methyl sites for hydroxylation is 1. The average molecular weight is 387 g/mol.